The van der Waals surface area contributed by atoms with Gasteiger partial charge in [-0.05, 0) is 51.3 Å². The van der Waals surface area contributed by atoms with Crippen molar-refractivity contribution in [1.29, 1.82) is 0 Å². The normalized spacial score (nSPS) is 17.0. The Kier molecular flexibility index (Phi) is 3.38. The first kappa shape index (κ1) is 12.4. The molecule has 0 aliphatic heterocycles. The van der Waals surface area contributed by atoms with Crippen molar-refractivity contribution in [2.75, 3.05) is 11.4 Å². The van der Waals surface area contributed by atoms with Crippen LogP contribution in [0.5, 0.6) is 0 Å². The van der Waals surface area contributed by atoms with Crippen LogP contribution in [-0.2, 0) is 0 Å². The average Bonchev–Trinajstić information content (AvgIpc) is 3.07. The van der Waals surface area contributed by atoms with Crippen molar-refractivity contribution in [2.45, 2.75) is 45.8 Å². The molecule has 0 amide bonds. The molecule has 0 radical (unpaired) electrons. The van der Waals surface area contributed by atoms with E-state index in [9.17, 15) is 9.50 Å². The molecule has 0 spiro atoms. The third-order valence-corrected chi connectivity index (χ3v) is 3.40. The minimum Gasteiger partial charge on any atom is -0.389 e. The molecular weight excluding hydrogens is 217 g/mol. The standard InChI is InChI=1S/C14H20FNO/c1-4-16(11-5-6-11)14-7-9(2)13(15)8-12(14)10(3)17/h7-8,10-11,17H,4-6H2,1-3H3. The molecule has 1 aromatic carbocycles. The highest BCUT2D eigenvalue weighted by Crippen LogP contribution is 2.36. The Balaban J connectivity index is 2.45. The molecule has 0 heterocycles. The maximum absolute atomic E-state index is 13.6. The maximum Gasteiger partial charge on any atom is 0.126 e. The minimum atomic E-state index is -0.632. The van der Waals surface area contributed by atoms with Crippen LogP contribution in [0.2, 0.25) is 0 Å². The van der Waals surface area contributed by atoms with Gasteiger partial charge in [-0.15, -0.1) is 0 Å². The van der Waals surface area contributed by atoms with E-state index in [0.717, 1.165) is 12.2 Å². The van der Waals surface area contributed by atoms with Gasteiger partial charge in [-0.2, -0.15) is 0 Å². The van der Waals surface area contributed by atoms with Gasteiger partial charge in [0.25, 0.3) is 0 Å². The Labute approximate surface area is 102 Å². The highest BCUT2D eigenvalue weighted by molar-refractivity contribution is 5.58. The molecule has 1 aliphatic rings. The SMILES string of the molecule is CCN(c1cc(C)c(F)cc1C(C)O)C1CC1. The topological polar surface area (TPSA) is 23.5 Å². The summed E-state index contributed by atoms with van der Waals surface area (Å²) in [5.41, 5.74) is 2.33. The number of aliphatic hydroxyl groups excluding tert-OH is 1. The van der Waals surface area contributed by atoms with Crippen molar-refractivity contribution in [1.82, 2.24) is 0 Å². The first-order valence-electron chi connectivity index (χ1n) is 6.29. The highest BCUT2D eigenvalue weighted by Gasteiger charge is 2.30. The van der Waals surface area contributed by atoms with Crippen LogP contribution in [0.1, 0.15) is 43.9 Å². The predicted molar refractivity (Wildman–Crippen MR) is 67.8 cm³/mol. The van der Waals surface area contributed by atoms with Crippen molar-refractivity contribution in [2.24, 2.45) is 0 Å². The lowest BCUT2D eigenvalue weighted by molar-refractivity contribution is 0.199. The van der Waals surface area contributed by atoms with E-state index in [-0.39, 0.29) is 5.82 Å². The van der Waals surface area contributed by atoms with Crippen molar-refractivity contribution in [3.05, 3.63) is 29.1 Å². The van der Waals surface area contributed by atoms with Gasteiger partial charge in [-0.3, -0.25) is 0 Å². The largest absolute Gasteiger partial charge is 0.389 e. The molecule has 94 valence electrons. The molecule has 0 bridgehead atoms. The lowest BCUT2D eigenvalue weighted by Gasteiger charge is -2.27. The van der Waals surface area contributed by atoms with E-state index in [0.29, 0.717) is 17.2 Å². The summed E-state index contributed by atoms with van der Waals surface area (Å²) in [4.78, 5) is 2.27. The van der Waals surface area contributed by atoms with Crippen LogP contribution in [0, 0.1) is 12.7 Å². The van der Waals surface area contributed by atoms with Crippen LogP contribution in [0.15, 0.2) is 12.1 Å². The van der Waals surface area contributed by atoms with Crippen LogP contribution in [0.25, 0.3) is 0 Å². The second-order valence-corrected chi connectivity index (χ2v) is 4.85. The number of hydrogen-bond donors (Lipinski definition) is 1. The van der Waals surface area contributed by atoms with Crippen LogP contribution in [0.4, 0.5) is 10.1 Å². The molecule has 1 aromatic rings. The maximum atomic E-state index is 13.6. The zero-order valence-corrected chi connectivity index (χ0v) is 10.7. The van der Waals surface area contributed by atoms with E-state index < -0.39 is 6.10 Å². The summed E-state index contributed by atoms with van der Waals surface area (Å²) in [5.74, 6) is -0.239. The average molecular weight is 237 g/mol. The number of hydrogen-bond acceptors (Lipinski definition) is 2. The number of halogens is 1. The zero-order chi connectivity index (χ0) is 12.6. The van der Waals surface area contributed by atoms with Crippen LogP contribution >= 0.6 is 0 Å². The Hall–Kier alpha value is -1.09. The van der Waals surface area contributed by atoms with Crippen molar-refractivity contribution in [3.63, 3.8) is 0 Å². The van der Waals surface area contributed by atoms with Gasteiger partial charge < -0.3 is 10.0 Å². The Bertz CT molecular complexity index is 413. The number of anilines is 1. The molecule has 1 unspecified atom stereocenters. The number of nitrogens with zero attached hydrogens (tertiary/aromatic N) is 1. The van der Waals surface area contributed by atoms with Crippen LogP contribution in [-0.4, -0.2) is 17.7 Å². The van der Waals surface area contributed by atoms with E-state index in [4.69, 9.17) is 0 Å². The first-order valence-corrected chi connectivity index (χ1v) is 6.29. The van der Waals surface area contributed by atoms with Gasteiger partial charge in [0.1, 0.15) is 5.82 Å². The predicted octanol–water partition coefficient (Wildman–Crippen LogP) is 3.18. The van der Waals surface area contributed by atoms with Crippen LogP contribution < -0.4 is 4.90 Å². The molecule has 2 rings (SSSR count). The van der Waals surface area contributed by atoms with E-state index in [2.05, 4.69) is 11.8 Å². The number of aryl methyl sites for hydroxylation is 1. The van der Waals surface area contributed by atoms with Gasteiger partial charge >= 0.3 is 0 Å². The summed E-state index contributed by atoms with van der Waals surface area (Å²) in [6.07, 6.45) is 1.76. The first-order chi connectivity index (χ1) is 8.04. The van der Waals surface area contributed by atoms with E-state index >= 15 is 0 Å². The summed E-state index contributed by atoms with van der Waals surface area (Å²) in [7, 11) is 0. The fourth-order valence-electron chi connectivity index (χ4n) is 2.28. The molecule has 1 fully saturated rings. The number of benzene rings is 1. The van der Waals surface area contributed by atoms with Gasteiger partial charge in [0.15, 0.2) is 0 Å². The summed E-state index contributed by atoms with van der Waals surface area (Å²) in [5, 5.41) is 9.77. The fourth-order valence-corrected chi connectivity index (χ4v) is 2.28. The Morgan fingerprint density at radius 3 is 2.59 bits per heavy atom. The molecule has 0 aromatic heterocycles. The third kappa shape index (κ3) is 2.44. The third-order valence-electron chi connectivity index (χ3n) is 3.40. The fraction of sp³-hybridized carbons (Fsp3) is 0.571. The molecule has 1 aliphatic carbocycles. The zero-order valence-electron chi connectivity index (χ0n) is 10.7. The van der Waals surface area contributed by atoms with Gasteiger partial charge in [0.2, 0.25) is 0 Å². The molecule has 1 N–H and O–H groups in total. The van der Waals surface area contributed by atoms with Gasteiger partial charge in [0.05, 0.1) is 6.10 Å². The number of aliphatic hydroxyl groups is 1. The molecule has 0 saturated heterocycles. The summed E-state index contributed by atoms with van der Waals surface area (Å²) < 4.78 is 13.6. The summed E-state index contributed by atoms with van der Waals surface area (Å²) in [6.45, 7) is 6.46. The summed E-state index contributed by atoms with van der Waals surface area (Å²) >= 11 is 0. The van der Waals surface area contributed by atoms with Crippen molar-refractivity contribution < 1.29 is 9.50 Å². The highest BCUT2D eigenvalue weighted by atomic mass is 19.1. The summed E-state index contributed by atoms with van der Waals surface area (Å²) in [6, 6.07) is 3.90. The monoisotopic (exact) mass is 237 g/mol. The van der Waals surface area contributed by atoms with E-state index in [1.165, 1.54) is 18.9 Å². The van der Waals surface area contributed by atoms with Crippen molar-refractivity contribution in [3.8, 4) is 0 Å². The molecule has 1 atom stereocenters. The second kappa shape index (κ2) is 4.65. The van der Waals surface area contributed by atoms with E-state index in [1.54, 1.807) is 13.8 Å². The second-order valence-electron chi connectivity index (χ2n) is 4.85. The molecule has 2 nitrogen and oxygen atoms in total. The number of rotatable bonds is 4. The smallest absolute Gasteiger partial charge is 0.126 e. The van der Waals surface area contributed by atoms with Crippen molar-refractivity contribution >= 4 is 5.69 Å². The van der Waals surface area contributed by atoms with Gasteiger partial charge in [0, 0.05) is 23.8 Å². The molecule has 17 heavy (non-hydrogen) atoms. The molecular formula is C14H20FNO. The molecule has 3 heteroatoms. The lowest BCUT2D eigenvalue weighted by Crippen LogP contribution is -2.26. The van der Waals surface area contributed by atoms with Gasteiger partial charge in [-0.1, -0.05) is 0 Å². The van der Waals surface area contributed by atoms with E-state index in [1.807, 2.05) is 6.07 Å². The Morgan fingerprint density at radius 2 is 2.12 bits per heavy atom. The van der Waals surface area contributed by atoms with Crippen LogP contribution in [0.3, 0.4) is 0 Å². The minimum absolute atomic E-state index is 0.239. The lowest BCUT2D eigenvalue weighted by atomic mass is 10.0. The Morgan fingerprint density at radius 1 is 1.47 bits per heavy atom. The van der Waals surface area contributed by atoms with Gasteiger partial charge in [-0.25, -0.2) is 4.39 Å². The quantitative estimate of drug-likeness (QED) is 0.869. The molecule has 1 saturated carbocycles.